The fraction of sp³-hybridized carbons (Fsp3) is 0.188. The summed E-state index contributed by atoms with van der Waals surface area (Å²) in [6.45, 7) is 4.29. The van der Waals surface area contributed by atoms with E-state index in [-0.39, 0.29) is 6.04 Å². The minimum atomic E-state index is 0.158. The summed E-state index contributed by atoms with van der Waals surface area (Å²) in [4.78, 5) is 0. The SMILES string of the molecule is Cc1ccc(C2NN=Cc3ccccc32)cc1C. The first kappa shape index (κ1) is 11.0. The van der Waals surface area contributed by atoms with Crippen molar-refractivity contribution >= 4 is 6.21 Å². The molecule has 1 unspecified atom stereocenters. The summed E-state index contributed by atoms with van der Waals surface area (Å²) in [5, 5.41) is 4.25. The van der Waals surface area contributed by atoms with Crippen LogP contribution in [-0.2, 0) is 0 Å². The largest absolute Gasteiger partial charge is 0.298 e. The van der Waals surface area contributed by atoms with Gasteiger partial charge in [0, 0.05) is 5.56 Å². The van der Waals surface area contributed by atoms with Crippen LogP contribution in [0.4, 0.5) is 0 Å². The Balaban J connectivity index is 2.08. The van der Waals surface area contributed by atoms with E-state index in [1.54, 1.807) is 0 Å². The standard InChI is InChI=1S/C16H16N2/c1-11-7-8-13(9-12(11)2)16-15-6-4-3-5-14(15)10-17-18-16/h3-10,16,18H,1-2H3. The minimum absolute atomic E-state index is 0.158. The lowest BCUT2D eigenvalue weighted by atomic mass is 9.92. The molecular weight excluding hydrogens is 220 g/mol. The summed E-state index contributed by atoms with van der Waals surface area (Å²) in [6, 6.07) is 15.1. The first-order chi connectivity index (χ1) is 8.75. The molecule has 2 nitrogen and oxygen atoms in total. The van der Waals surface area contributed by atoms with E-state index in [0.717, 1.165) is 0 Å². The second-order valence-corrected chi connectivity index (χ2v) is 4.79. The van der Waals surface area contributed by atoms with Gasteiger partial charge in [-0.3, -0.25) is 5.43 Å². The second-order valence-electron chi connectivity index (χ2n) is 4.79. The molecule has 0 aromatic heterocycles. The van der Waals surface area contributed by atoms with Gasteiger partial charge in [-0.15, -0.1) is 0 Å². The molecule has 0 saturated carbocycles. The van der Waals surface area contributed by atoms with E-state index in [4.69, 9.17) is 0 Å². The van der Waals surface area contributed by atoms with E-state index in [2.05, 4.69) is 60.8 Å². The van der Waals surface area contributed by atoms with Gasteiger partial charge in [0.05, 0.1) is 12.3 Å². The predicted octanol–water partition coefficient (Wildman–Crippen LogP) is 3.33. The van der Waals surface area contributed by atoms with Crippen LogP contribution in [-0.4, -0.2) is 6.21 Å². The van der Waals surface area contributed by atoms with Crippen LogP contribution in [0.5, 0.6) is 0 Å². The average molecular weight is 236 g/mol. The maximum atomic E-state index is 4.25. The van der Waals surface area contributed by atoms with Crippen LogP contribution in [0.15, 0.2) is 47.6 Å². The summed E-state index contributed by atoms with van der Waals surface area (Å²) in [7, 11) is 0. The number of rotatable bonds is 1. The molecular formula is C16H16N2. The molecule has 1 atom stereocenters. The smallest absolute Gasteiger partial charge is 0.0946 e. The van der Waals surface area contributed by atoms with Crippen LogP contribution in [0.25, 0.3) is 0 Å². The van der Waals surface area contributed by atoms with Gasteiger partial charge in [0.15, 0.2) is 0 Å². The Hall–Kier alpha value is -2.09. The molecule has 2 aromatic carbocycles. The molecule has 0 radical (unpaired) electrons. The van der Waals surface area contributed by atoms with Gasteiger partial charge in [0.2, 0.25) is 0 Å². The molecule has 0 bridgehead atoms. The molecule has 1 aliphatic rings. The van der Waals surface area contributed by atoms with Crippen molar-refractivity contribution < 1.29 is 0 Å². The van der Waals surface area contributed by atoms with Gasteiger partial charge in [-0.05, 0) is 36.1 Å². The van der Waals surface area contributed by atoms with Gasteiger partial charge < -0.3 is 0 Å². The lowest BCUT2D eigenvalue weighted by Crippen LogP contribution is -2.22. The van der Waals surface area contributed by atoms with E-state index < -0.39 is 0 Å². The van der Waals surface area contributed by atoms with Gasteiger partial charge in [-0.2, -0.15) is 5.10 Å². The van der Waals surface area contributed by atoms with Crippen molar-refractivity contribution in [3.63, 3.8) is 0 Å². The highest BCUT2D eigenvalue weighted by Crippen LogP contribution is 2.27. The molecule has 0 fully saturated rings. The normalized spacial score (nSPS) is 17.1. The third-order valence-corrected chi connectivity index (χ3v) is 3.58. The zero-order chi connectivity index (χ0) is 12.5. The molecule has 1 heterocycles. The summed E-state index contributed by atoms with van der Waals surface area (Å²) in [5.74, 6) is 0. The number of fused-ring (bicyclic) bond motifs is 1. The monoisotopic (exact) mass is 236 g/mol. The Labute approximate surface area is 107 Å². The van der Waals surface area contributed by atoms with Crippen LogP contribution in [0.2, 0.25) is 0 Å². The molecule has 0 amide bonds. The van der Waals surface area contributed by atoms with Crippen molar-refractivity contribution in [2.45, 2.75) is 19.9 Å². The van der Waals surface area contributed by atoms with Crippen LogP contribution >= 0.6 is 0 Å². The van der Waals surface area contributed by atoms with Crippen molar-refractivity contribution in [1.82, 2.24) is 5.43 Å². The fourth-order valence-electron chi connectivity index (χ4n) is 2.34. The van der Waals surface area contributed by atoms with Gasteiger partial charge >= 0.3 is 0 Å². The maximum absolute atomic E-state index is 4.25. The number of aryl methyl sites for hydroxylation is 2. The minimum Gasteiger partial charge on any atom is -0.298 e. The van der Waals surface area contributed by atoms with E-state index in [1.807, 2.05) is 12.3 Å². The van der Waals surface area contributed by atoms with Crippen molar-refractivity contribution in [3.8, 4) is 0 Å². The highest BCUT2D eigenvalue weighted by atomic mass is 15.3. The van der Waals surface area contributed by atoms with Crippen molar-refractivity contribution in [1.29, 1.82) is 0 Å². The third kappa shape index (κ3) is 1.80. The zero-order valence-corrected chi connectivity index (χ0v) is 10.6. The quantitative estimate of drug-likeness (QED) is 0.807. The van der Waals surface area contributed by atoms with Crippen LogP contribution in [0.3, 0.4) is 0 Å². The highest BCUT2D eigenvalue weighted by molar-refractivity contribution is 5.83. The molecule has 90 valence electrons. The molecule has 1 aliphatic heterocycles. The number of hydrogen-bond donors (Lipinski definition) is 1. The van der Waals surface area contributed by atoms with Crippen molar-refractivity contribution in [2.75, 3.05) is 0 Å². The molecule has 0 aliphatic carbocycles. The lowest BCUT2D eigenvalue weighted by molar-refractivity contribution is 0.631. The summed E-state index contributed by atoms with van der Waals surface area (Å²) in [6.07, 6.45) is 1.88. The Morgan fingerprint density at radius 2 is 1.83 bits per heavy atom. The molecule has 0 saturated heterocycles. The van der Waals surface area contributed by atoms with Crippen molar-refractivity contribution in [3.05, 3.63) is 70.3 Å². The molecule has 2 aromatic rings. The Morgan fingerprint density at radius 3 is 2.67 bits per heavy atom. The Bertz CT molecular complexity index is 614. The Kier molecular flexibility index (Phi) is 2.63. The van der Waals surface area contributed by atoms with Crippen LogP contribution in [0, 0.1) is 13.8 Å². The number of hydrazone groups is 1. The third-order valence-electron chi connectivity index (χ3n) is 3.58. The van der Waals surface area contributed by atoms with Crippen LogP contribution in [0.1, 0.15) is 33.9 Å². The highest BCUT2D eigenvalue weighted by Gasteiger charge is 2.18. The first-order valence-corrected chi connectivity index (χ1v) is 6.20. The lowest BCUT2D eigenvalue weighted by Gasteiger charge is -2.23. The topological polar surface area (TPSA) is 24.4 Å². The average Bonchev–Trinajstić information content (AvgIpc) is 2.41. The number of nitrogens with one attached hydrogen (secondary N) is 1. The number of hydrogen-bond acceptors (Lipinski definition) is 2. The molecule has 2 heteroatoms. The van der Waals surface area contributed by atoms with Crippen LogP contribution < -0.4 is 5.43 Å². The maximum Gasteiger partial charge on any atom is 0.0946 e. The van der Waals surface area contributed by atoms with E-state index >= 15 is 0 Å². The Morgan fingerprint density at radius 1 is 1.00 bits per heavy atom. The van der Waals surface area contributed by atoms with Gasteiger partial charge in [0.1, 0.15) is 0 Å². The molecule has 1 N–H and O–H groups in total. The van der Waals surface area contributed by atoms with Gasteiger partial charge in [-0.25, -0.2) is 0 Å². The van der Waals surface area contributed by atoms with E-state index in [0.29, 0.717) is 0 Å². The second kappa shape index (κ2) is 4.30. The molecule has 18 heavy (non-hydrogen) atoms. The van der Waals surface area contributed by atoms with Gasteiger partial charge in [-0.1, -0.05) is 42.5 Å². The summed E-state index contributed by atoms with van der Waals surface area (Å²) in [5.41, 5.74) is 9.60. The number of nitrogens with zero attached hydrogens (tertiary/aromatic N) is 1. The van der Waals surface area contributed by atoms with Gasteiger partial charge in [0.25, 0.3) is 0 Å². The zero-order valence-electron chi connectivity index (χ0n) is 10.6. The van der Waals surface area contributed by atoms with Crippen molar-refractivity contribution in [2.24, 2.45) is 5.10 Å². The summed E-state index contributed by atoms with van der Waals surface area (Å²) >= 11 is 0. The number of benzene rings is 2. The van der Waals surface area contributed by atoms with E-state index in [1.165, 1.54) is 27.8 Å². The molecule has 3 rings (SSSR count). The summed E-state index contributed by atoms with van der Waals surface area (Å²) < 4.78 is 0. The molecule has 0 spiro atoms. The van der Waals surface area contributed by atoms with E-state index in [9.17, 15) is 0 Å². The fourth-order valence-corrected chi connectivity index (χ4v) is 2.34. The predicted molar refractivity (Wildman–Crippen MR) is 74.9 cm³/mol. The first-order valence-electron chi connectivity index (χ1n) is 6.20.